The van der Waals surface area contributed by atoms with Crippen LogP contribution in [0.1, 0.15) is 43.4 Å². The Balaban J connectivity index is 0.00000280. The quantitative estimate of drug-likeness (QED) is 0.310. The van der Waals surface area contributed by atoms with Gasteiger partial charge in [-0.3, -0.25) is 9.69 Å². The number of thioether (sulfide) groups is 1. The third kappa shape index (κ3) is 5.82. The lowest BCUT2D eigenvalue weighted by Crippen LogP contribution is -2.43. The Labute approximate surface area is 239 Å². The summed E-state index contributed by atoms with van der Waals surface area (Å²) in [6, 6.07) is 10.1. The number of carbonyl (C=O) groups is 1. The Bertz CT molecular complexity index is 1180. The van der Waals surface area contributed by atoms with Gasteiger partial charge in [-0.1, -0.05) is 42.0 Å². The molecular formula is C28H33Cl2N3O2S2. The van der Waals surface area contributed by atoms with Gasteiger partial charge in [-0.25, -0.2) is 0 Å². The average molecular weight is 579 g/mol. The monoisotopic (exact) mass is 577 g/mol. The number of furan rings is 1. The summed E-state index contributed by atoms with van der Waals surface area (Å²) in [6.07, 6.45) is 8.77. The maximum absolute atomic E-state index is 13.5. The highest BCUT2D eigenvalue weighted by molar-refractivity contribution is 8.26. The van der Waals surface area contributed by atoms with Crippen LogP contribution in [0.4, 0.5) is 0 Å². The second-order valence-corrected chi connectivity index (χ2v) is 12.6. The molecule has 198 valence electrons. The van der Waals surface area contributed by atoms with E-state index in [2.05, 4.69) is 16.3 Å². The number of aryl methyl sites for hydroxylation is 1. The van der Waals surface area contributed by atoms with Crippen molar-refractivity contribution in [3.05, 3.63) is 51.6 Å². The minimum absolute atomic E-state index is 0. The summed E-state index contributed by atoms with van der Waals surface area (Å²) in [6.45, 7) is 5.37. The van der Waals surface area contributed by atoms with Crippen molar-refractivity contribution in [1.29, 1.82) is 0 Å². The molecule has 1 amide bonds. The van der Waals surface area contributed by atoms with E-state index in [0.717, 1.165) is 80.6 Å². The van der Waals surface area contributed by atoms with E-state index < -0.39 is 0 Å². The van der Waals surface area contributed by atoms with Crippen LogP contribution >= 0.6 is 48.0 Å². The van der Waals surface area contributed by atoms with E-state index in [1.54, 1.807) is 0 Å². The first-order valence-electron chi connectivity index (χ1n) is 13.1. The summed E-state index contributed by atoms with van der Waals surface area (Å²) in [5.41, 5.74) is 2.12. The molecule has 1 aromatic heterocycles. The van der Waals surface area contributed by atoms with Gasteiger partial charge in [0.05, 0.1) is 4.91 Å². The third-order valence-corrected chi connectivity index (χ3v) is 9.80. The van der Waals surface area contributed by atoms with Gasteiger partial charge in [-0.15, -0.1) is 12.4 Å². The highest BCUT2D eigenvalue weighted by Gasteiger charge is 2.48. The minimum atomic E-state index is 0. The zero-order valence-electron chi connectivity index (χ0n) is 20.8. The number of carbonyl (C=O) groups excluding carboxylic acids is 1. The molecule has 4 aliphatic rings. The van der Waals surface area contributed by atoms with E-state index in [0.29, 0.717) is 20.2 Å². The zero-order chi connectivity index (χ0) is 24.6. The molecule has 2 aromatic rings. The molecule has 2 aliphatic heterocycles. The van der Waals surface area contributed by atoms with Crippen LogP contribution in [0.3, 0.4) is 0 Å². The molecule has 37 heavy (non-hydrogen) atoms. The summed E-state index contributed by atoms with van der Waals surface area (Å²) in [4.78, 5) is 18.6. The maximum Gasteiger partial charge on any atom is 0.266 e. The van der Waals surface area contributed by atoms with Crippen molar-refractivity contribution in [2.24, 2.45) is 11.8 Å². The van der Waals surface area contributed by atoms with Gasteiger partial charge in [0.25, 0.3) is 5.91 Å². The summed E-state index contributed by atoms with van der Waals surface area (Å²) < 4.78 is 7.07. The number of nitrogens with one attached hydrogen (secondary N) is 1. The van der Waals surface area contributed by atoms with E-state index in [4.69, 9.17) is 28.2 Å². The van der Waals surface area contributed by atoms with E-state index in [9.17, 15) is 4.79 Å². The van der Waals surface area contributed by atoms with Crippen LogP contribution in [0.2, 0.25) is 5.02 Å². The molecule has 9 heteroatoms. The van der Waals surface area contributed by atoms with Crippen LogP contribution in [0, 0.1) is 11.8 Å². The van der Waals surface area contributed by atoms with Crippen LogP contribution < -0.4 is 5.32 Å². The second-order valence-electron chi connectivity index (χ2n) is 10.5. The normalized spacial score (nSPS) is 26.9. The second kappa shape index (κ2) is 11.8. The summed E-state index contributed by atoms with van der Waals surface area (Å²) in [5, 5.41) is 4.12. The fourth-order valence-electron chi connectivity index (χ4n) is 6.36. The Hall–Kier alpha value is -1.35. The van der Waals surface area contributed by atoms with Crippen molar-refractivity contribution < 1.29 is 9.21 Å². The number of fused-ring (bicyclic) bond motifs is 2. The highest BCUT2D eigenvalue weighted by Crippen LogP contribution is 2.49. The number of nitrogens with zero attached hydrogens (tertiary/aromatic N) is 2. The van der Waals surface area contributed by atoms with Crippen molar-refractivity contribution >= 4 is 64.3 Å². The molecule has 5 nitrogen and oxygen atoms in total. The largest absolute Gasteiger partial charge is 0.456 e. The lowest BCUT2D eigenvalue weighted by atomic mass is 9.94. The Morgan fingerprint density at radius 2 is 1.95 bits per heavy atom. The van der Waals surface area contributed by atoms with E-state index in [1.165, 1.54) is 31.0 Å². The van der Waals surface area contributed by atoms with Gasteiger partial charge in [0, 0.05) is 48.9 Å². The van der Waals surface area contributed by atoms with Gasteiger partial charge < -0.3 is 14.6 Å². The molecule has 2 bridgehead atoms. The van der Waals surface area contributed by atoms with Gasteiger partial charge in [0.1, 0.15) is 15.8 Å². The first-order valence-corrected chi connectivity index (χ1v) is 14.7. The van der Waals surface area contributed by atoms with Crippen LogP contribution in [0.25, 0.3) is 17.4 Å². The molecule has 0 radical (unpaired) electrons. The first kappa shape index (κ1) is 27.2. The fraction of sp³-hybridized carbons (Fsp3) is 0.500. The van der Waals surface area contributed by atoms with Crippen LogP contribution in [0.15, 0.2) is 39.7 Å². The number of piperazine rings is 1. The molecule has 2 aliphatic carbocycles. The highest BCUT2D eigenvalue weighted by atomic mass is 35.5. The van der Waals surface area contributed by atoms with Gasteiger partial charge in [0.2, 0.25) is 0 Å². The Kier molecular flexibility index (Phi) is 8.69. The van der Waals surface area contributed by atoms with Crippen molar-refractivity contribution in [2.45, 2.75) is 44.6 Å². The molecular weight excluding hydrogens is 545 g/mol. The van der Waals surface area contributed by atoms with Gasteiger partial charge in [-0.05, 0) is 86.4 Å². The minimum Gasteiger partial charge on any atom is -0.456 e. The predicted octanol–water partition coefficient (Wildman–Crippen LogP) is 6.25. The Morgan fingerprint density at radius 3 is 2.65 bits per heavy atom. The van der Waals surface area contributed by atoms with Crippen LogP contribution in [-0.4, -0.2) is 58.8 Å². The summed E-state index contributed by atoms with van der Waals surface area (Å²) in [5.74, 6) is 3.01. The Morgan fingerprint density at radius 1 is 1.16 bits per heavy atom. The number of hydrogen-bond donors (Lipinski definition) is 1. The van der Waals surface area contributed by atoms with Gasteiger partial charge >= 0.3 is 0 Å². The summed E-state index contributed by atoms with van der Waals surface area (Å²) in [7, 11) is 0. The molecule has 3 atom stereocenters. The van der Waals surface area contributed by atoms with Gasteiger partial charge in [0.15, 0.2) is 0 Å². The van der Waals surface area contributed by atoms with Crippen molar-refractivity contribution in [3.8, 4) is 11.3 Å². The molecule has 3 heterocycles. The predicted molar refractivity (Wildman–Crippen MR) is 158 cm³/mol. The number of hydrogen-bond acceptors (Lipinski definition) is 6. The number of benzene rings is 1. The van der Waals surface area contributed by atoms with Crippen molar-refractivity contribution in [3.63, 3.8) is 0 Å². The molecule has 0 spiro atoms. The smallest absolute Gasteiger partial charge is 0.266 e. The lowest BCUT2D eigenvalue weighted by Gasteiger charge is -2.30. The van der Waals surface area contributed by atoms with E-state index >= 15 is 0 Å². The fourth-order valence-corrected chi connectivity index (χ4v) is 7.83. The number of thiocarbonyl (C=S) groups is 1. The molecule has 2 saturated carbocycles. The first-order chi connectivity index (χ1) is 17.5. The van der Waals surface area contributed by atoms with Crippen LogP contribution in [0.5, 0.6) is 0 Å². The van der Waals surface area contributed by atoms with E-state index in [1.807, 2.05) is 35.2 Å². The van der Waals surface area contributed by atoms with Gasteiger partial charge in [-0.2, -0.15) is 0 Å². The van der Waals surface area contributed by atoms with Crippen molar-refractivity contribution in [2.75, 3.05) is 32.7 Å². The number of amides is 1. The van der Waals surface area contributed by atoms with E-state index in [-0.39, 0.29) is 24.4 Å². The maximum atomic E-state index is 13.5. The average Bonchev–Trinajstić information content (AvgIpc) is 3.66. The zero-order valence-corrected chi connectivity index (χ0v) is 24.0. The third-order valence-electron chi connectivity index (χ3n) is 8.22. The molecule has 1 aromatic carbocycles. The van der Waals surface area contributed by atoms with Crippen LogP contribution in [-0.2, 0) is 11.2 Å². The summed E-state index contributed by atoms with van der Waals surface area (Å²) >= 11 is 13.2. The molecule has 2 saturated heterocycles. The standard InChI is InChI=1S/C28H32ClN3O2S2.ClH/c29-22-7-5-19(6-8-22)24-16-21(2-1-11-31-12-9-30-10-13-31)25(34-24)17-26-27(33)32(28(35)36-26)23-15-18-3-4-20(23)14-18;/h5-8,16-18,20,23,30H,1-4,9-15H2;1H/b26-17+;. The number of rotatable bonds is 7. The lowest BCUT2D eigenvalue weighted by molar-refractivity contribution is -0.124. The number of halogens is 2. The molecule has 1 N–H and O–H groups in total. The topological polar surface area (TPSA) is 48.7 Å². The van der Waals surface area contributed by atoms with Crippen molar-refractivity contribution in [1.82, 2.24) is 15.1 Å². The molecule has 6 rings (SSSR count). The molecule has 4 fully saturated rings. The molecule has 3 unspecified atom stereocenters. The SMILES string of the molecule is Cl.O=C1/C(=C\c2oc(-c3ccc(Cl)cc3)cc2CCCN2CCNCC2)SC(=S)N1C1CC2CCC1C2.